The highest BCUT2D eigenvalue weighted by Gasteiger charge is 2.30. The quantitative estimate of drug-likeness (QED) is 0.282. The first-order valence-corrected chi connectivity index (χ1v) is 11.6. The molecule has 7 nitrogen and oxygen atoms in total. The molecule has 1 heterocycles. The van der Waals surface area contributed by atoms with E-state index in [0.29, 0.717) is 38.8 Å². The molecular weight excluding hydrogens is 476 g/mol. The van der Waals surface area contributed by atoms with E-state index in [1.165, 1.54) is 4.90 Å². The maximum absolute atomic E-state index is 12.9. The van der Waals surface area contributed by atoms with E-state index in [9.17, 15) is 14.4 Å². The number of carbonyl (C=O) groups is 3. The molecular formula is C28H21ClN4O3. The number of anilines is 2. The number of benzene rings is 4. The van der Waals surface area contributed by atoms with Gasteiger partial charge in [-0.1, -0.05) is 54.1 Å². The van der Waals surface area contributed by atoms with E-state index in [2.05, 4.69) is 15.8 Å². The van der Waals surface area contributed by atoms with Crippen molar-refractivity contribution < 1.29 is 14.4 Å². The maximum Gasteiger partial charge on any atom is 0.260 e. The third kappa shape index (κ3) is 4.56. The zero-order chi connectivity index (χ0) is 25.2. The molecule has 0 aromatic heterocycles. The van der Waals surface area contributed by atoms with Crippen LogP contribution in [-0.4, -0.2) is 30.0 Å². The largest absolute Gasteiger partial charge is 0.322 e. The molecule has 0 spiro atoms. The average Bonchev–Trinajstić information content (AvgIpc) is 3.15. The summed E-state index contributed by atoms with van der Waals surface area (Å²) in [4.78, 5) is 39.5. The van der Waals surface area contributed by atoms with Gasteiger partial charge in [0.1, 0.15) is 6.54 Å². The molecule has 3 amide bonds. The summed E-state index contributed by atoms with van der Waals surface area (Å²) in [6.45, 7) is 1.59. The summed E-state index contributed by atoms with van der Waals surface area (Å²) < 4.78 is 0. The second kappa shape index (κ2) is 9.64. The summed E-state index contributed by atoms with van der Waals surface area (Å²) in [5.41, 5.74) is 6.12. The maximum atomic E-state index is 12.9. The third-order valence-corrected chi connectivity index (χ3v) is 6.16. The Kier molecular flexibility index (Phi) is 6.23. The van der Waals surface area contributed by atoms with Crippen molar-refractivity contribution >= 4 is 57.2 Å². The number of amides is 3. The molecule has 0 saturated heterocycles. The Labute approximate surface area is 212 Å². The second-order valence-corrected chi connectivity index (χ2v) is 8.79. The topological polar surface area (TPSA) is 90.9 Å². The first-order chi connectivity index (χ1) is 17.4. The van der Waals surface area contributed by atoms with Crippen LogP contribution in [0.3, 0.4) is 0 Å². The van der Waals surface area contributed by atoms with Crippen LogP contribution in [0.5, 0.6) is 0 Å². The summed E-state index contributed by atoms with van der Waals surface area (Å²) in [6, 6.07) is 25.0. The van der Waals surface area contributed by atoms with Crippen molar-refractivity contribution in [1.82, 2.24) is 5.43 Å². The van der Waals surface area contributed by atoms with Gasteiger partial charge in [-0.05, 0) is 60.3 Å². The summed E-state index contributed by atoms with van der Waals surface area (Å²) in [5, 5.41) is 9.32. The molecule has 1 aliphatic rings. The highest BCUT2D eigenvalue weighted by molar-refractivity contribution is 6.31. The van der Waals surface area contributed by atoms with Crippen LogP contribution in [0.2, 0.25) is 5.02 Å². The Balaban J connectivity index is 1.26. The van der Waals surface area contributed by atoms with Gasteiger partial charge in [0.05, 0.1) is 11.4 Å². The highest BCUT2D eigenvalue weighted by atomic mass is 35.5. The number of halogens is 1. The van der Waals surface area contributed by atoms with Gasteiger partial charge in [-0.2, -0.15) is 5.10 Å². The molecule has 8 heteroatoms. The van der Waals surface area contributed by atoms with Gasteiger partial charge in [0.2, 0.25) is 0 Å². The molecule has 4 aromatic carbocycles. The van der Waals surface area contributed by atoms with Crippen molar-refractivity contribution in [2.45, 2.75) is 6.92 Å². The number of hydrogen-bond acceptors (Lipinski definition) is 4. The van der Waals surface area contributed by atoms with Gasteiger partial charge in [-0.15, -0.1) is 0 Å². The van der Waals surface area contributed by atoms with E-state index in [4.69, 9.17) is 11.6 Å². The number of hydrogen-bond donors (Lipinski definition) is 2. The molecule has 5 rings (SSSR count). The van der Waals surface area contributed by atoms with Crippen LogP contribution in [0.1, 0.15) is 33.2 Å². The fraction of sp³-hybridized carbons (Fsp3) is 0.0714. The van der Waals surface area contributed by atoms with Gasteiger partial charge in [0.15, 0.2) is 0 Å². The van der Waals surface area contributed by atoms with Gasteiger partial charge in [0.25, 0.3) is 17.7 Å². The predicted octanol–water partition coefficient (Wildman–Crippen LogP) is 5.25. The average molecular weight is 497 g/mol. The lowest BCUT2D eigenvalue weighted by Crippen LogP contribution is -2.37. The minimum atomic E-state index is -0.419. The molecule has 0 atom stereocenters. The lowest BCUT2D eigenvalue weighted by atomic mass is 10.1. The Hall–Kier alpha value is -4.49. The Morgan fingerprint density at radius 3 is 2.44 bits per heavy atom. The van der Waals surface area contributed by atoms with Crippen molar-refractivity contribution in [3.05, 3.63) is 107 Å². The van der Waals surface area contributed by atoms with Crippen LogP contribution in [0.15, 0.2) is 90.0 Å². The molecule has 0 radical (unpaired) electrons. The molecule has 2 N–H and O–H groups in total. The van der Waals surface area contributed by atoms with E-state index in [1.54, 1.807) is 55.5 Å². The molecule has 0 aliphatic carbocycles. The molecule has 36 heavy (non-hydrogen) atoms. The lowest BCUT2D eigenvalue weighted by molar-refractivity contribution is -0.119. The third-order valence-electron chi connectivity index (χ3n) is 5.92. The zero-order valence-corrected chi connectivity index (χ0v) is 20.0. The summed E-state index contributed by atoms with van der Waals surface area (Å²) >= 11 is 5.97. The Bertz CT molecular complexity index is 1560. The predicted molar refractivity (Wildman–Crippen MR) is 142 cm³/mol. The van der Waals surface area contributed by atoms with Crippen LogP contribution in [-0.2, 0) is 4.79 Å². The zero-order valence-electron chi connectivity index (χ0n) is 19.3. The number of rotatable bonds is 6. The molecule has 178 valence electrons. The minimum Gasteiger partial charge on any atom is -0.322 e. The summed E-state index contributed by atoms with van der Waals surface area (Å²) in [6.07, 6.45) is 0. The van der Waals surface area contributed by atoms with Crippen LogP contribution < -0.4 is 15.6 Å². The summed E-state index contributed by atoms with van der Waals surface area (Å²) in [7, 11) is 0. The first kappa shape index (κ1) is 23.3. The van der Waals surface area contributed by atoms with Crippen molar-refractivity contribution in [3.8, 4) is 0 Å². The second-order valence-electron chi connectivity index (χ2n) is 8.35. The van der Waals surface area contributed by atoms with Crippen LogP contribution in [0.4, 0.5) is 11.4 Å². The van der Waals surface area contributed by atoms with Gasteiger partial charge in [-0.3, -0.25) is 19.3 Å². The van der Waals surface area contributed by atoms with Crippen LogP contribution >= 0.6 is 11.6 Å². The van der Waals surface area contributed by atoms with Gasteiger partial charge < -0.3 is 5.32 Å². The van der Waals surface area contributed by atoms with E-state index >= 15 is 0 Å². The number of carbonyl (C=O) groups excluding carboxylic acids is 3. The van der Waals surface area contributed by atoms with Crippen molar-refractivity contribution in [3.63, 3.8) is 0 Å². The van der Waals surface area contributed by atoms with E-state index in [0.717, 1.165) is 10.8 Å². The molecule has 0 bridgehead atoms. The van der Waals surface area contributed by atoms with Crippen molar-refractivity contribution in [2.75, 3.05) is 16.8 Å². The Morgan fingerprint density at radius 1 is 0.917 bits per heavy atom. The minimum absolute atomic E-state index is 0.154. The van der Waals surface area contributed by atoms with E-state index in [-0.39, 0.29) is 18.4 Å². The normalized spacial score (nSPS) is 12.7. The molecule has 0 fully saturated rings. The molecule has 4 aromatic rings. The van der Waals surface area contributed by atoms with Gasteiger partial charge >= 0.3 is 0 Å². The van der Waals surface area contributed by atoms with Crippen molar-refractivity contribution in [2.24, 2.45) is 5.10 Å². The van der Waals surface area contributed by atoms with E-state index in [1.807, 2.05) is 36.4 Å². The molecule has 0 saturated carbocycles. The number of hydrazone groups is 1. The standard InChI is InChI=1S/C28H21ClN4O3/c1-17(19-8-3-11-22(15-19)30-27(35)20-9-2-10-21(29)14-20)31-32-25(34)16-33-24-13-5-7-18-6-4-12-23(26(18)24)28(33)36/h2-15H,16H2,1H3,(H,30,35)(H,32,34). The smallest absolute Gasteiger partial charge is 0.260 e. The SMILES string of the molecule is CC(=NNC(=O)CN1C(=O)c2cccc3cccc1c23)c1cccc(NC(=O)c2cccc(Cl)c2)c1. The summed E-state index contributed by atoms with van der Waals surface area (Å²) in [5.74, 6) is -0.914. The number of nitrogens with one attached hydrogen (secondary N) is 2. The fourth-order valence-corrected chi connectivity index (χ4v) is 4.37. The van der Waals surface area contributed by atoms with Crippen LogP contribution in [0, 0.1) is 0 Å². The van der Waals surface area contributed by atoms with Crippen LogP contribution in [0.25, 0.3) is 10.8 Å². The monoisotopic (exact) mass is 496 g/mol. The van der Waals surface area contributed by atoms with E-state index < -0.39 is 5.91 Å². The van der Waals surface area contributed by atoms with Crippen molar-refractivity contribution in [1.29, 1.82) is 0 Å². The highest BCUT2D eigenvalue weighted by Crippen LogP contribution is 2.36. The Morgan fingerprint density at radius 2 is 1.64 bits per heavy atom. The fourth-order valence-electron chi connectivity index (χ4n) is 4.18. The number of nitrogens with zero attached hydrogens (tertiary/aromatic N) is 2. The molecule has 0 unspecified atom stereocenters. The first-order valence-electron chi connectivity index (χ1n) is 11.2. The molecule has 1 aliphatic heterocycles. The lowest BCUT2D eigenvalue weighted by Gasteiger charge is -2.16. The van der Waals surface area contributed by atoms with Gasteiger partial charge in [-0.25, -0.2) is 5.43 Å². The van der Waals surface area contributed by atoms with Gasteiger partial charge in [0, 0.05) is 27.2 Å².